The fourth-order valence-electron chi connectivity index (χ4n) is 4.28. The van der Waals surface area contributed by atoms with Crippen LogP contribution in [0.4, 0.5) is 18.0 Å². The van der Waals surface area contributed by atoms with Crippen LogP contribution in [0, 0.1) is 11.6 Å². The molecule has 1 N–H and O–H groups in total. The molecule has 4 atom stereocenters. The topological polar surface area (TPSA) is 68.6 Å². The van der Waals surface area contributed by atoms with E-state index in [-0.39, 0.29) is 12.2 Å². The van der Waals surface area contributed by atoms with Crippen molar-refractivity contribution in [3.8, 4) is 0 Å². The van der Waals surface area contributed by atoms with E-state index >= 15 is 4.39 Å². The van der Waals surface area contributed by atoms with Crippen molar-refractivity contribution >= 4 is 6.09 Å². The molecule has 10 heteroatoms. The van der Waals surface area contributed by atoms with Crippen LogP contribution < -0.4 is 5.32 Å². The molecule has 0 saturated carbocycles. The monoisotopic (exact) mass is 452 g/mol. The zero-order valence-corrected chi connectivity index (χ0v) is 18.4. The highest BCUT2D eigenvalue weighted by Crippen LogP contribution is 2.36. The summed E-state index contributed by atoms with van der Waals surface area (Å²) in [5.41, 5.74) is 0.886. The third-order valence-electron chi connectivity index (χ3n) is 5.62. The van der Waals surface area contributed by atoms with Gasteiger partial charge in [0.15, 0.2) is 0 Å². The molecule has 0 unspecified atom stereocenters. The molecule has 174 valence electrons. The number of aryl methyl sites for hydroxylation is 1. The number of carbonyl (C=O) groups is 1. The largest absolute Gasteiger partial charge is 0.444 e. The van der Waals surface area contributed by atoms with E-state index in [1.54, 1.807) is 25.5 Å². The molecule has 0 radical (unpaired) electrons. The lowest BCUT2D eigenvalue weighted by Crippen LogP contribution is -2.59. The third kappa shape index (κ3) is 4.61. The lowest BCUT2D eigenvalue weighted by atomic mass is 9.91. The quantitative estimate of drug-likeness (QED) is 0.773. The van der Waals surface area contributed by atoms with Crippen LogP contribution in [0.3, 0.4) is 0 Å². The molecule has 1 saturated heterocycles. The first kappa shape index (κ1) is 22.6. The highest BCUT2D eigenvalue weighted by molar-refractivity contribution is 5.68. The molecule has 2 aromatic rings. The van der Waals surface area contributed by atoms with Gasteiger partial charge in [0.2, 0.25) is 0 Å². The van der Waals surface area contributed by atoms with Crippen molar-refractivity contribution in [2.75, 3.05) is 6.61 Å². The maximum absolute atomic E-state index is 15.9. The molecule has 1 amide bonds. The fourth-order valence-corrected chi connectivity index (χ4v) is 4.28. The number of rotatable bonds is 3. The van der Waals surface area contributed by atoms with Crippen molar-refractivity contribution in [1.82, 2.24) is 20.0 Å². The molecule has 0 aliphatic carbocycles. The number of alkyl carbamates (subject to hydrolysis) is 1. The van der Waals surface area contributed by atoms with Gasteiger partial charge in [0, 0.05) is 37.5 Å². The first-order valence-electron chi connectivity index (χ1n) is 10.5. The van der Waals surface area contributed by atoms with Crippen LogP contribution in [0.1, 0.15) is 43.7 Å². The van der Waals surface area contributed by atoms with Gasteiger partial charge >= 0.3 is 6.09 Å². The van der Waals surface area contributed by atoms with Crippen molar-refractivity contribution in [2.24, 2.45) is 7.05 Å². The molecular weight excluding hydrogens is 425 g/mol. The van der Waals surface area contributed by atoms with E-state index in [1.807, 2.05) is 18.1 Å². The van der Waals surface area contributed by atoms with Crippen molar-refractivity contribution in [3.05, 3.63) is 52.9 Å². The summed E-state index contributed by atoms with van der Waals surface area (Å²) in [7, 11) is 1.82. The molecule has 2 aliphatic rings. The number of nitrogens with one attached hydrogen (secondary N) is 1. The Morgan fingerprint density at radius 1 is 1.28 bits per heavy atom. The molecule has 0 spiro atoms. The predicted molar refractivity (Wildman–Crippen MR) is 109 cm³/mol. The average Bonchev–Trinajstić information content (AvgIpc) is 3.21. The van der Waals surface area contributed by atoms with Gasteiger partial charge in [0.25, 0.3) is 0 Å². The van der Waals surface area contributed by atoms with Gasteiger partial charge < -0.3 is 14.8 Å². The van der Waals surface area contributed by atoms with E-state index in [0.29, 0.717) is 13.1 Å². The number of fused-ring (bicyclic) bond motifs is 1. The Morgan fingerprint density at radius 3 is 2.72 bits per heavy atom. The second-order valence-corrected chi connectivity index (χ2v) is 9.28. The van der Waals surface area contributed by atoms with Gasteiger partial charge in [0.05, 0.1) is 24.4 Å². The Morgan fingerprint density at radius 2 is 2.03 bits per heavy atom. The van der Waals surface area contributed by atoms with Gasteiger partial charge in [-0.1, -0.05) is 0 Å². The van der Waals surface area contributed by atoms with Gasteiger partial charge in [-0.2, -0.15) is 5.10 Å². The zero-order chi connectivity index (χ0) is 23.2. The van der Waals surface area contributed by atoms with E-state index in [4.69, 9.17) is 9.47 Å². The summed E-state index contributed by atoms with van der Waals surface area (Å²) < 4.78 is 57.1. The maximum atomic E-state index is 15.9. The van der Waals surface area contributed by atoms with Crippen LogP contribution >= 0.6 is 0 Å². The van der Waals surface area contributed by atoms with Gasteiger partial charge in [-0.15, -0.1) is 0 Å². The lowest BCUT2D eigenvalue weighted by molar-refractivity contribution is -0.102. The highest BCUT2D eigenvalue weighted by Gasteiger charge is 2.47. The SMILES string of the molecule is Cn1cc2c(n1)CN([C@H]1CO[C@H](c3cc(F)ccc3F)[C@@H](NC(=O)OC(C)(C)C)[C@H]1F)C2. The number of alkyl halides is 1. The van der Waals surface area contributed by atoms with Gasteiger partial charge in [-0.05, 0) is 39.0 Å². The number of nitrogens with zero attached hydrogens (tertiary/aromatic N) is 3. The number of hydrogen-bond acceptors (Lipinski definition) is 5. The highest BCUT2D eigenvalue weighted by atomic mass is 19.1. The molecular formula is C22H27F3N4O3. The van der Waals surface area contributed by atoms with Crippen LogP contribution in [-0.4, -0.2) is 51.2 Å². The Balaban J connectivity index is 1.59. The molecule has 2 aliphatic heterocycles. The minimum Gasteiger partial charge on any atom is -0.444 e. The summed E-state index contributed by atoms with van der Waals surface area (Å²) in [5.74, 6) is -1.42. The molecule has 1 aromatic heterocycles. The molecule has 1 aromatic carbocycles. The number of halogens is 3. The number of benzene rings is 1. The van der Waals surface area contributed by atoms with Crippen LogP contribution in [0.5, 0.6) is 0 Å². The summed E-state index contributed by atoms with van der Waals surface area (Å²) in [6.45, 7) is 5.90. The molecule has 1 fully saturated rings. The molecule has 0 bridgehead atoms. The number of aromatic nitrogens is 2. The predicted octanol–water partition coefficient (Wildman–Crippen LogP) is 3.39. The zero-order valence-electron chi connectivity index (χ0n) is 18.4. The standard InChI is InChI=1S/C22H27F3N4O3/c1-22(2,3)32-21(30)26-19-18(25)17(29-9-12-8-28(4)27-16(12)10-29)11-31-20(19)14-7-13(23)5-6-15(14)24/h5-8,17-20H,9-11H2,1-4H3,(H,26,30)/t17-,18-,19-,20+/m0/s1. The molecule has 3 heterocycles. The number of carbonyl (C=O) groups excluding carboxylic acids is 1. The first-order valence-corrected chi connectivity index (χ1v) is 10.5. The normalized spacial score (nSPS) is 26.1. The van der Waals surface area contributed by atoms with E-state index in [1.165, 1.54) is 0 Å². The average molecular weight is 452 g/mol. The van der Waals surface area contributed by atoms with Crippen LogP contribution in [-0.2, 0) is 29.6 Å². The summed E-state index contributed by atoms with van der Waals surface area (Å²) in [5, 5.41) is 6.88. The van der Waals surface area contributed by atoms with Crippen molar-refractivity contribution in [1.29, 1.82) is 0 Å². The van der Waals surface area contributed by atoms with Crippen molar-refractivity contribution in [2.45, 2.75) is 63.8 Å². The van der Waals surface area contributed by atoms with Crippen LogP contribution in [0.15, 0.2) is 24.4 Å². The summed E-state index contributed by atoms with van der Waals surface area (Å²) in [6, 6.07) is 0.913. The second-order valence-electron chi connectivity index (χ2n) is 9.28. The number of amides is 1. The maximum Gasteiger partial charge on any atom is 0.408 e. The molecule has 4 rings (SSSR count). The van der Waals surface area contributed by atoms with E-state index in [9.17, 15) is 13.6 Å². The van der Waals surface area contributed by atoms with Crippen molar-refractivity contribution < 1.29 is 27.4 Å². The second kappa shape index (κ2) is 8.40. The summed E-state index contributed by atoms with van der Waals surface area (Å²) in [6.07, 6.45) is -1.81. The Kier molecular flexibility index (Phi) is 5.93. The van der Waals surface area contributed by atoms with E-state index in [0.717, 1.165) is 29.5 Å². The first-order chi connectivity index (χ1) is 15.0. The smallest absolute Gasteiger partial charge is 0.408 e. The molecule has 7 nitrogen and oxygen atoms in total. The number of hydrogen-bond donors (Lipinski definition) is 1. The van der Waals surface area contributed by atoms with E-state index in [2.05, 4.69) is 10.4 Å². The van der Waals surface area contributed by atoms with Crippen molar-refractivity contribution in [3.63, 3.8) is 0 Å². The van der Waals surface area contributed by atoms with Crippen LogP contribution in [0.25, 0.3) is 0 Å². The van der Waals surface area contributed by atoms with E-state index < -0.39 is 47.7 Å². The van der Waals surface area contributed by atoms with Gasteiger partial charge in [-0.25, -0.2) is 18.0 Å². The lowest BCUT2D eigenvalue weighted by Gasteiger charge is -2.43. The van der Waals surface area contributed by atoms with Gasteiger partial charge in [0.1, 0.15) is 29.5 Å². The van der Waals surface area contributed by atoms with Crippen LogP contribution in [0.2, 0.25) is 0 Å². The Bertz CT molecular complexity index is 983. The number of ether oxygens (including phenoxy) is 2. The summed E-state index contributed by atoms with van der Waals surface area (Å²) >= 11 is 0. The minimum atomic E-state index is -1.62. The van der Waals surface area contributed by atoms with Gasteiger partial charge in [-0.3, -0.25) is 9.58 Å². The third-order valence-corrected chi connectivity index (χ3v) is 5.62. The fraction of sp³-hybridized carbons (Fsp3) is 0.545. The summed E-state index contributed by atoms with van der Waals surface area (Å²) in [4.78, 5) is 14.3. The Hall–Kier alpha value is -2.59. The minimum absolute atomic E-state index is 0.0509. The molecule has 32 heavy (non-hydrogen) atoms. The Labute approximate surface area is 184 Å².